The molecule has 0 bridgehead atoms. The van der Waals surface area contributed by atoms with Crippen molar-refractivity contribution >= 4 is 27.7 Å². The van der Waals surface area contributed by atoms with Gasteiger partial charge in [0.15, 0.2) is 3.84 Å². The molecular formula is C10H17BrOS. The molecule has 1 unspecified atom stereocenters. The maximum Gasteiger partial charge on any atom is 0.171 e. The zero-order valence-corrected chi connectivity index (χ0v) is 11.1. The van der Waals surface area contributed by atoms with Crippen LogP contribution in [0.25, 0.3) is 0 Å². The van der Waals surface area contributed by atoms with E-state index in [1.807, 2.05) is 27.7 Å². The van der Waals surface area contributed by atoms with E-state index in [9.17, 15) is 0 Å². The Labute approximate surface area is 93.7 Å². The van der Waals surface area contributed by atoms with Gasteiger partial charge in [-0.25, -0.2) is 0 Å². The number of hydrogen-bond acceptors (Lipinski definition) is 2. The van der Waals surface area contributed by atoms with E-state index in [1.165, 1.54) is 11.8 Å². The van der Waals surface area contributed by atoms with Crippen LogP contribution >= 0.6 is 27.7 Å². The van der Waals surface area contributed by atoms with Crippen LogP contribution in [0.15, 0.2) is 24.1 Å². The van der Waals surface area contributed by atoms with Crippen LogP contribution < -0.4 is 0 Å². The van der Waals surface area contributed by atoms with Crippen LogP contribution in [0.2, 0.25) is 0 Å². The molecule has 0 aliphatic rings. The smallest absolute Gasteiger partial charge is 0.171 e. The van der Waals surface area contributed by atoms with E-state index in [4.69, 9.17) is 4.74 Å². The van der Waals surface area contributed by atoms with Gasteiger partial charge in [0.25, 0.3) is 0 Å². The normalized spacial score (nSPS) is 16.4. The molecule has 0 N–H and O–H groups in total. The first-order chi connectivity index (χ1) is 5.66. The first kappa shape index (κ1) is 13.3. The van der Waals surface area contributed by atoms with Crippen LogP contribution in [0.3, 0.4) is 0 Å². The van der Waals surface area contributed by atoms with Gasteiger partial charge in [0.1, 0.15) is 0 Å². The minimum atomic E-state index is -0.434. The van der Waals surface area contributed by atoms with E-state index < -0.39 is 3.84 Å². The molecule has 0 saturated carbocycles. The topological polar surface area (TPSA) is 9.23 Å². The standard InChI is InChI=1S/C10H17BrOS/c1-7-8(2)13-10(6,11)12-9(3,4)5/h7H,1-2H2,3-6H3. The zero-order valence-electron chi connectivity index (χ0n) is 8.69. The summed E-state index contributed by atoms with van der Waals surface area (Å²) in [6.45, 7) is 15.5. The van der Waals surface area contributed by atoms with Gasteiger partial charge < -0.3 is 4.74 Å². The summed E-state index contributed by atoms with van der Waals surface area (Å²) in [5.74, 6) is 0. The lowest BCUT2D eigenvalue weighted by Crippen LogP contribution is -2.29. The van der Waals surface area contributed by atoms with Crippen LogP contribution in [0.4, 0.5) is 0 Å². The van der Waals surface area contributed by atoms with E-state index in [2.05, 4.69) is 29.1 Å². The molecule has 0 amide bonds. The quantitative estimate of drug-likeness (QED) is 0.425. The molecule has 0 spiro atoms. The van der Waals surface area contributed by atoms with Crippen LogP contribution in [0.1, 0.15) is 27.7 Å². The molecule has 1 atom stereocenters. The van der Waals surface area contributed by atoms with Gasteiger partial charge in [0.2, 0.25) is 0 Å². The van der Waals surface area contributed by atoms with Gasteiger partial charge in [-0.1, -0.05) is 31.0 Å². The largest absolute Gasteiger partial charge is 0.349 e. The minimum absolute atomic E-state index is 0.174. The van der Waals surface area contributed by atoms with E-state index in [1.54, 1.807) is 6.08 Å². The fourth-order valence-corrected chi connectivity index (χ4v) is 2.80. The Morgan fingerprint density at radius 1 is 1.38 bits per heavy atom. The number of thioether (sulfide) groups is 1. The first-order valence-electron chi connectivity index (χ1n) is 4.06. The van der Waals surface area contributed by atoms with E-state index in [0.29, 0.717) is 0 Å². The molecule has 0 aliphatic carbocycles. The van der Waals surface area contributed by atoms with E-state index in [-0.39, 0.29) is 5.60 Å². The fourth-order valence-electron chi connectivity index (χ4n) is 0.844. The van der Waals surface area contributed by atoms with Gasteiger partial charge in [-0.2, -0.15) is 0 Å². The number of allylic oxidation sites excluding steroid dienone is 1. The lowest BCUT2D eigenvalue weighted by molar-refractivity contribution is -0.0241. The summed E-state index contributed by atoms with van der Waals surface area (Å²) in [6.07, 6.45) is 1.72. The van der Waals surface area contributed by atoms with Crippen molar-refractivity contribution < 1.29 is 4.74 Å². The van der Waals surface area contributed by atoms with Crippen LogP contribution in [0, 0.1) is 0 Å². The van der Waals surface area contributed by atoms with Gasteiger partial charge in [0.05, 0.1) is 5.60 Å². The van der Waals surface area contributed by atoms with Crippen LogP contribution in [0.5, 0.6) is 0 Å². The first-order valence-corrected chi connectivity index (χ1v) is 5.67. The van der Waals surface area contributed by atoms with Crippen LogP contribution in [-0.2, 0) is 4.74 Å². The molecular weight excluding hydrogens is 248 g/mol. The van der Waals surface area contributed by atoms with Crippen molar-refractivity contribution in [2.75, 3.05) is 0 Å². The van der Waals surface area contributed by atoms with Crippen molar-refractivity contribution in [3.63, 3.8) is 0 Å². The van der Waals surface area contributed by atoms with Crippen molar-refractivity contribution in [3.05, 3.63) is 24.1 Å². The number of halogens is 1. The predicted octanol–water partition coefficient (Wildman–Crippen LogP) is 4.30. The summed E-state index contributed by atoms with van der Waals surface area (Å²) in [5.41, 5.74) is -0.174. The maximum absolute atomic E-state index is 5.77. The molecule has 0 heterocycles. The molecule has 3 heteroatoms. The highest BCUT2D eigenvalue weighted by Gasteiger charge is 2.28. The number of ether oxygens (including phenoxy) is 1. The highest BCUT2D eigenvalue weighted by molar-refractivity contribution is 9.11. The SMILES string of the molecule is C=CC(=C)SC(C)(Br)OC(C)(C)C. The molecule has 0 fully saturated rings. The Hall–Kier alpha value is 0.270. The van der Waals surface area contributed by atoms with Crippen molar-refractivity contribution in [1.29, 1.82) is 0 Å². The van der Waals surface area contributed by atoms with Gasteiger partial charge in [-0.3, -0.25) is 0 Å². The third kappa shape index (κ3) is 7.35. The Bertz CT molecular complexity index is 203. The summed E-state index contributed by atoms with van der Waals surface area (Å²) in [7, 11) is 0. The predicted molar refractivity (Wildman–Crippen MR) is 65.1 cm³/mol. The molecule has 76 valence electrons. The Morgan fingerprint density at radius 2 is 1.85 bits per heavy atom. The molecule has 0 aliphatic heterocycles. The Balaban J connectivity index is 4.24. The molecule has 0 saturated heterocycles. The van der Waals surface area contributed by atoms with Crippen molar-refractivity contribution in [3.8, 4) is 0 Å². The highest BCUT2D eigenvalue weighted by Crippen LogP contribution is 2.40. The summed E-state index contributed by atoms with van der Waals surface area (Å²) < 4.78 is 5.33. The zero-order chi connectivity index (χ0) is 10.7. The third-order valence-electron chi connectivity index (χ3n) is 1.03. The van der Waals surface area contributed by atoms with Crippen molar-refractivity contribution in [1.82, 2.24) is 0 Å². The second-order valence-electron chi connectivity index (χ2n) is 3.82. The van der Waals surface area contributed by atoms with Crippen molar-refractivity contribution in [2.24, 2.45) is 0 Å². The average molecular weight is 265 g/mol. The molecule has 0 aromatic carbocycles. The Kier molecular flexibility index (Phi) is 4.77. The monoisotopic (exact) mass is 264 g/mol. The number of alkyl halides is 1. The summed E-state index contributed by atoms with van der Waals surface area (Å²) in [5, 5.41) is 0. The molecule has 0 aromatic rings. The van der Waals surface area contributed by atoms with Gasteiger partial charge in [0, 0.05) is 4.91 Å². The molecule has 0 rings (SSSR count). The lowest BCUT2D eigenvalue weighted by atomic mass is 10.2. The van der Waals surface area contributed by atoms with E-state index in [0.717, 1.165) is 4.91 Å². The highest BCUT2D eigenvalue weighted by atomic mass is 79.9. The van der Waals surface area contributed by atoms with Crippen molar-refractivity contribution in [2.45, 2.75) is 37.1 Å². The number of hydrogen-bond donors (Lipinski definition) is 0. The second-order valence-corrected chi connectivity index (χ2v) is 7.37. The van der Waals surface area contributed by atoms with Gasteiger partial charge in [-0.05, 0) is 43.6 Å². The van der Waals surface area contributed by atoms with Crippen LogP contribution in [-0.4, -0.2) is 9.44 Å². The maximum atomic E-state index is 5.77. The summed E-state index contributed by atoms with van der Waals surface area (Å²) in [4.78, 5) is 0.892. The van der Waals surface area contributed by atoms with Gasteiger partial charge in [-0.15, -0.1) is 0 Å². The minimum Gasteiger partial charge on any atom is -0.349 e. The second kappa shape index (κ2) is 4.67. The molecule has 1 nitrogen and oxygen atoms in total. The summed E-state index contributed by atoms with van der Waals surface area (Å²) in [6, 6.07) is 0. The Morgan fingerprint density at radius 3 is 2.15 bits per heavy atom. The van der Waals surface area contributed by atoms with Gasteiger partial charge >= 0.3 is 0 Å². The van der Waals surface area contributed by atoms with E-state index >= 15 is 0 Å². The lowest BCUT2D eigenvalue weighted by Gasteiger charge is -2.31. The average Bonchev–Trinajstić information content (AvgIpc) is 1.80. The third-order valence-corrected chi connectivity index (χ3v) is 2.55. The molecule has 0 radical (unpaired) electrons. The molecule has 0 aromatic heterocycles. The fraction of sp³-hybridized carbons (Fsp3) is 0.600. The number of rotatable bonds is 4. The molecule has 13 heavy (non-hydrogen) atoms. The summed E-state index contributed by atoms with van der Waals surface area (Å²) >= 11 is 5.00.